The first-order valence-electron chi connectivity index (χ1n) is 8.83. The van der Waals surface area contributed by atoms with Crippen molar-refractivity contribution in [2.45, 2.75) is 12.8 Å². The number of guanidine groups is 1. The summed E-state index contributed by atoms with van der Waals surface area (Å²) < 4.78 is 68.4. The first-order valence-corrected chi connectivity index (χ1v) is 9.59. The van der Waals surface area contributed by atoms with Gasteiger partial charge in [-0.25, -0.2) is 10.5 Å². The summed E-state index contributed by atoms with van der Waals surface area (Å²) in [5.41, 5.74) is 2.16. The Labute approximate surface area is 197 Å². The molecule has 0 saturated carbocycles. The van der Waals surface area contributed by atoms with Crippen LogP contribution in [0, 0.1) is 0 Å². The predicted molar refractivity (Wildman–Crippen MR) is 109 cm³/mol. The van der Waals surface area contributed by atoms with Crippen LogP contribution in [0.1, 0.15) is 26.4 Å². The molecule has 0 unspecified atom stereocenters. The Morgan fingerprint density at radius 3 is 2.44 bits per heavy atom. The molecule has 4 N–H and O–H groups in total. The maximum atomic E-state index is 12.9. The number of rotatable bonds is 5. The van der Waals surface area contributed by atoms with E-state index < -0.39 is 57.3 Å². The highest BCUT2D eigenvalue weighted by Gasteiger charge is 2.32. The van der Waals surface area contributed by atoms with Crippen molar-refractivity contribution in [3.8, 4) is 5.75 Å². The molecule has 2 aromatic rings. The molecule has 34 heavy (non-hydrogen) atoms. The van der Waals surface area contributed by atoms with E-state index >= 15 is 0 Å². The van der Waals surface area contributed by atoms with Crippen LogP contribution in [0.2, 0.25) is 10.0 Å². The largest absolute Gasteiger partial charge is 0.433 e. The zero-order valence-electron chi connectivity index (χ0n) is 16.6. The van der Waals surface area contributed by atoms with Gasteiger partial charge in [-0.3, -0.25) is 19.9 Å². The van der Waals surface area contributed by atoms with E-state index in [0.29, 0.717) is 12.3 Å². The molecule has 2 heterocycles. The lowest BCUT2D eigenvalue weighted by atomic mass is 10.1. The number of pyridine rings is 1. The normalized spacial score (nSPS) is 13.4. The van der Waals surface area contributed by atoms with E-state index in [9.17, 15) is 31.5 Å². The molecule has 1 aliphatic heterocycles. The number of carbonyl (C=O) groups is 2. The zero-order valence-corrected chi connectivity index (χ0v) is 18.1. The molecule has 1 aliphatic rings. The molecule has 10 nitrogen and oxygen atoms in total. The molecular formula is C17H12Cl2F5N7O3. The number of hydrazine groups is 2. The molecule has 3 rings (SSSR count). The molecule has 1 aromatic heterocycles. The van der Waals surface area contributed by atoms with Gasteiger partial charge in [-0.15, -0.1) is 10.6 Å². The highest BCUT2D eigenvalue weighted by Crippen LogP contribution is 2.37. The molecule has 17 heteroatoms. The number of hydrogen-bond donors (Lipinski definition) is 4. The van der Waals surface area contributed by atoms with E-state index in [1.807, 2.05) is 0 Å². The van der Waals surface area contributed by atoms with Crippen LogP contribution < -0.4 is 26.4 Å². The number of alkyl halides is 5. The standard InChI is InChI=1S/C17H12Cl2F5N7O3/c1-31-16(28-29-30-31)27-13(32)7-2-3-9(34-15(20)21)12(10(7)19)26-14(33)11-8(18)4-6(5-25-11)17(22,23)24/h2-5,15,29-30H,1H3,(H,26,33)(H,27,28,32). The summed E-state index contributed by atoms with van der Waals surface area (Å²) in [6.07, 6.45) is -4.40. The average Bonchev–Trinajstić information content (AvgIpc) is 3.13. The van der Waals surface area contributed by atoms with Gasteiger partial charge in [0.05, 0.1) is 21.2 Å². The summed E-state index contributed by atoms with van der Waals surface area (Å²) in [5.74, 6) is -2.65. The highest BCUT2D eigenvalue weighted by molar-refractivity contribution is 6.38. The van der Waals surface area contributed by atoms with Gasteiger partial charge in [-0.2, -0.15) is 22.0 Å². The number of anilines is 1. The van der Waals surface area contributed by atoms with Crippen LogP contribution in [0.5, 0.6) is 5.75 Å². The first-order chi connectivity index (χ1) is 15.9. The SMILES string of the molecule is CN1NNN=C1NC(=O)c1ccc(OC(F)F)c(NC(=O)c2ncc(C(F)(F)F)cc2Cl)c1Cl. The fourth-order valence-electron chi connectivity index (χ4n) is 2.54. The van der Waals surface area contributed by atoms with Gasteiger partial charge in [0.15, 0.2) is 5.75 Å². The Hall–Kier alpha value is -3.43. The first kappa shape index (κ1) is 25.2. The maximum absolute atomic E-state index is 12.9. The summed E-state index contributed by atoms with van der Waals surface area (Å²) in [7, 11) is 1.51. The topological polar surface area (TPSA) is 120 Å². The summed E-state index contributed by atoms with van der Waals surface area (Å²) in [5, 5.41) is 8.29. The van der Waals surface area contributed by atoms with Crippen LogP contribution in [0.4, 0.5) is 27.6 Å². The van der Waals surface area contributed by atoms with E-state index in [1.54, 1.807) is 0 Å². The van der Waals surface area contributed by atoms with Gasteiger partial charge in [0.2, 0.25) is 5.96 Å². The second-order valence-corrected chi connectivity index (χ2v) is 7.14. The van der Waals surface area contributed by atoms with Crippen molar-refractivity contribution in [2.75, 3.05) is 12.4 Å². The number of carbonyl (C=O) groups excluding carboxylic acids is 2. The quantitative estimate of drug-likeness (QED) is 0.440. The third kappa shape index (κ3) is 5.55. The average molecular weight is 528 g/mol. The number of hydrazone groups is 1. The van der Waals surface area contributed by atoms with E-state index in [1.165, 1.54) is 12.1 Å². The molecule has 0 bridgehead atoms. The molecule has 0 radical (unpaired) electrons. The third-order valence-corrected chi connectivity index (χ3v) is 4.79. The number of nitrogens with zero attached hydrogens (tertiary/aromatic N) is 3. The van der Waals surface area contributed by atoms with Gasteiger partial charge in [0.1, 0.15) is 11.4 Å². The second-order valence-electron chi connectivity index (χ2n) is 6.36. The van der Waals surface area contributed by atoms with Gasteiger partial charge in [0, 0.05) is 13.2 Å². The fourth-order valence-corrected chi connectivity index (χ4v) is 3.08. The Morgan fingerprint density at radius 2 is 1.88 bits per heavy atom. The van der Waals surface area contributed by atoms with E-state index in [4.69, 9.17) is 23.2 Å². The summed E-state index contributed by atoms with van der Waals surface area (Å²) in [4.78, 5) is 28.6. The van der Waals surface area contributed by atoms with Crippen LogP contribution in [-0.2, 0) is 6.18 Å². The van der Waals surface area contributed by atoms with Crippen molar-refractivity contribution in [1.82, 2.24) is 26.4 Å². The van der Waals surface area contributed by atoms with Gasteiger partial charge in [-0.05, 0) is 18.2 Å². The van der Waals surface area contributed by atoms with Gasteiger partial charge in [-0.1, -0.05) is 23.2 Å². The predicted octanol–water partition coefficient (Wildman–Crippen LogP) is 3.22. The van der Waals surface area contributed by atoms with Crippen molar-refractivity contribution < 1.29 is 36.3 Å². The lowest BCUT2D eigenvalue weighted by molar-refractivity contribution is -0.137. The number of halogens is 7. The van der Waals surface area contributed by atoms with Crippen LogP contribution in [-0.4, -0.2) is 41.4 Å². The smallest absolute Gasteiger partial charge is 0.417 e. The van der Waals surface area contributed by atoms with Gasteiger partial charge < -0.3 is 10.1 Å². The zero-order chi connectivity index (χ0) is 25.2. The minimum atomic E-state index is -4.77. The Morgan fingerprint density at radius 1 is 1.18 bits per heavy atom. The third-order valence-electron chi connectivity index (χ3n) is 4.11. The van der Waals surface area contributed by atoms with E-state index in [2.05, 4.69) is 36.5 Å². The second kappa shape index (κ2) is 9.82. The van der Waals surface area contributed by atoms with Crippen molar-refractivity contribution >= 4 is 46.7 Å². The van der Waals surface area contributed by atoms with Crippen molar-refractivity contribution in [3.05, 3.63) is 51.3 Å². The molecular weight excluding hydrogens is 516 g/mol. The molecule has 0 saturated heterocycles. The van der Waals surface area contributed by atoms with E-state index in [-0.39, 0.29) is 11.5 Å². The van der Waals surface area contributed by atoms with Gasteiger partial charge >= 0.3 is 12.8 Å². The molecule has 0 atom stereocenters. The van der Waals surface area contributed by atoms with Gasteiger partial charge in [0.25, 0.3) is 11.8 Å². The summed E-state index contributed by atoms with van der Waals surface area (Å²) >= 11 is 11.9. The molecule has 182 valence electrons. The van der Waals surface area contributed by atoms with Crippen molar-refractivity contribution in [1.29, 1.82) is 0 Å². The lowest BCUT2D eigenvalue weighted by Crippen LogP contribution is -2.45. The summed E-state index contributed by atoms with van der Waals surface area (Å²) in [6, 6.07) is 2.44. The number of benzene rings is 1. The Bertz CT molecular complexity index is 1160. The van der Waals surface area contributed by atoms with Crippen LogP contribution in [0.25, 0.3) is 0 Å². The number of amides is 2. The minimum absolute atomic E-state index is 0.0281. The van der Waals surface area contributed by atoms with Crippen LogP contribution in [0.3, 0.4) is 0 Å². The molecule has 2 amide bonds. The Kier molecular flexibility index (Phi) is 7.28. The number of hydrogen-bond acceptors (Lipinski definition) is 8. The summed E-state index contributed by atoms with van der Waals surface area (Å²) in [6.45, 7) is -3.34. The fraction of sp³-hybridized carbons (Fsp3) is 0.176. The number of ether oxygens (including phenoxy) is 1. The molecule has 0 spiro atoms. The van der Waals surface area contributed by atoms with Crippen LogP contribution >= 0.6 is 23.2 Å². The van der Waals surface area contributed by atoms with Crippen molar-refractivity contribution in [3.63, 3.8) is 0 Å². The minimum Gasteiger partial charge on any atom is -0.433 e. The van der Waals surface area contributed by atoms with E-state index in [0.717, 1.165) is 12.1 Å². The van der Waals surface area contributed by atoms with Crippen molar-refractivity contribution in [2.24, 2.45) is 5.10 Å². The van der Waals surface area contributed by atoms with Crippen LogP contribution in [0.15, 0.2) is 29.5 Å². The lowest BCUT2D eigenvalue weighted by Gasteiger charge is -2.17. The number of nitrogens with one attached hydrogen (secondary N) is 4. The Balaban J connectivity index is 1.94. The maximum Gasteiger partial charge on any atom is 0.417 e. The molecule has 0 aliphatic carbocycles. The molecule has 1 aromatic carbocycles. The molecule has 0 fully saturated rings. The highest BCUT2D eigenvalue weighted by atomic mass is 35.5. The number of aromatic nitrogens is 1. The monoisotopic (exact) mass is 527 g/mol.